The first kappa shape index (κ1) is 13.8. The summed E-state index contributed by atoms with van der Waals surface area (Å²) in [4.78, 5) is 5.11. The molecule has 1 aromatic heterocycles. The molecule has 100 valence electrons. The predicted octanol–water partition coefficient (Wildman–Crippen LogP) is 2.51. The molecule has 1 aromatic carbocycles. The first-order valence-electron chi connectivity index (χ1n) is 5.79. The molecule has 4 nitrogen and oxygen atoms in total. The third-order valence-corrected chi connectivity index (χ3v) is 5.07. The molecule has 0 saturated heterocycles. The topological polar surface area (TPSA) is 71.2 Å². The zero-order valence-corrected chi connectivity index (χ0v) is 12.8. The van der Waals surface area contributed by atoms with Crippen LogP contribution in [0.25, 0.3) is 0 Å². The number of phenolic OH excluding ortho intramolecular Hbond substituents is 1. The normalized spacial score (nSPS) is 11.1. The monoisotopic (exact) mass is 293 g/mol. The molecule has 19 heavy (non-hydrogen) atoms. The molecule has 2 aromatic rings. The molecule has 0 aliphatic rings. The highest BCUT2D eigenvalue weighted by Crippen LogP contribution is 2.25. The number of aromatic nitrogens is 1. The van der Waals surface area contributed by atoms with Crippen LogP contribution in [0.1, 0.15) is 16.0 Å². The fraction of sp³-hybridized carbons (Fsp3) is 0.231. The lowest BCUT2D eigenvalue weighted by molar-refractivity contribution is 0.479. The number of benzene rings is 1. The van der Waals surface area contributed by atoms with Crippen LogP contribution in [0.15, 0.2) is 12.1 Å². The number of phenols is 1. The van der Waals surface area contributed by atoms with E-state index in [2.05, 4.69) is 16.4 Å². The van der Waals surface area contributed by atoms with Gasteiger partial charge in [0.1, 0.15) is 11.6 Å². The Balaban J connectivity index is 2.35. The lowest BCUT2D eigenvalue weighted by Gasteiger charge is -2.04. The second kappa shape index (κ2) is 5.59. The Morgan fingerprint density at radius 1 is 1.42 bits per heavy atom. The molecule has 0 radical (unpaired) electrons. The summed E-state index contributed by atoms with van der Waals surface area (Å²) in [6, 6.07) is 3.84. The van der Waals surface area contributed by atoms with Crippen molar-refractivity contribution in [3.8, 4) is 5.75 Å². The number of aryl methyl sites for hydroxylation is 2. The quantitative estimate of drug-likeness (QED) is 0.760. The lowest BCUT2D eigenvalue weighted by Crippen LogP contribution is -2.00. The first-order chi connectivity index (χ1) is 9.01. The molecule has 1 heterocycles. The zero-order chi connectivity index (χ0) is 14.0. The minimum absolute atomic E-state index is 0.326. The van der Waals surface area contributed by atoms with E-state index in [1.54, 1.807) is 6.07 Å². The maximum absolute atomic E-state index is 9.99. The van der Waals surface area contributed by atoms with Crippen molar-refractivity contribution in [1.29, 1.82) is 0 Å². The van der Waals surface area contributed by atoms with Gasteiger partial charge < -0.3 is 16.2 Å². The maximum Gasteiger partial charge on any atom is 0.185 e. The van der Waals surface area contributed by atoms with Gasteiger partial charge in [-0.1, -0.05) is 25.6 Å². The second-order valence-electron chi connectivity index (χ2n) is 4.23. The van der Waals surface area contributed by atoms with Crippen molar-refractivity contribution in [2.45, 2.75) is 13.8 Å². The van der Waals surface area contributed by atoms with Gasteiger partial charge in [0.2, 0.25) is 0 Å². The van der Waals surface area contributed by atoms with Gasteiger partial charge in [0.25, 0.3) is 0 Å². The summed E-state index contributed by atoms with van der Waals surface area (Å²) in [6.07, 6.45) is 0. The van der Waals surface area contributed by atoms with E-state index < -0.39 is 0 Å². The Hall–Kier alpha value is -1.58. The fourth-order valence-corrected chi connectivity index (χ4v) is 3.59. The van der Waals surface area contributed by atoms with Gasteiger partial charge in [-0.05, 0) is 36.8 Å². The summed E-state index contributed by atoms with van der Waals surface area (Å²) < 4.78 is 0. The number of nitrogens with one attached hydrogen (secondary N) is 1. The number of rotatable bonds is 3. The average molecular weight is 293 g/mol. The molecule has 4 N–H and O–H groups in total. The molecule has 0 atom stereocenters. The second-order valence-corrected chi connectivity index (χ2v) is 6.22. The van der Waals surface area contributed by atoms with Crippen LogP contribution in [0.4, 0.5) is 10.9 Å². The third-order valence-electron chi connectivity index (χ3n) is 2.63. The van der Waals surface area contributed by atoms with Crippen molar-refractivity contribution in [3.05, 3.63) is 28.1 Å². The minimum Gasteiger partial charge on any atom is -0.507 e. The summed E-state index contributed by atoms with van der Waals surface area (Å²) >= 11 is 1.50. The van der Waals surface area contributed by atoms with Crippen molar-refractivity contribution in [2.24, 2.45) is 0 Å². The zero-order valence-electron chi connectivity index (χ0n) is 11.1. The number of nitrogen functional groups attached to an aromatic ring is 1. The van der Waals surface area contributed by atoms with Gasteiger partial charge >= 0.3 is 0 Å². The van der Waals surface area contributed by atoms with Crippen LogP contribution in [0.5, 0.6) is 5.75 Å². The van der Waals surface area contributed by atoms with E-state index in [1.165, 1.54) is 11.3 Å². The maximum atomic E-state index is 9.99. The number of nitrogens with two attached hydrogens (primary N) is 1. The number of hydrogen-bond donors (Lipinski definition) is 3. The molecule has 0 unspecified atom stereocenters. The third kappa shape index (κ3) is 3.06. The van der Waals surface area contributed by atoms with Crippen LogP contribution in [0, 0.1) is 13.8 Å². The molecule has 0 bridgehead atoms. The predicted molar refractivity (Wildman–Crippen MR) is 85.4 cm³/mol. The van der Waals surface area contributed by atoms with Crippen molar-refractivity contribution in [2.75, 3.05) is 18.1 Å². The van der Waals surface area contributed by atoms with Crippen molar-refractivity contribution < 1.29 is 5.11 Å². The molecular formula is C13H16N3OPS. The van der Waals surface area contributed by atoms with Crippen LogP contribution in [-0.2, 0) is 0 Å². The van der Waals surface area contributed by atoms with E-state index in [9.17, 15) is 5.11 Å². The molecule has 0 aliphatic heterocycles. The number of anilines is 2. The van der Waals surface area contributed by atoms with Crippen molar-refractivity contribution in [1.82, 2.24) is 4.98 Å². The molecule has 6 heteroatoms. The van der Waals surface area contributed by atoms with Gasteiger partial charge in [0.15, 0.2) is 5.13 Å². The van der Waals surface area contributed by atoms with Crippen molar-refractivity contribution >= 4 is 41.6 Å². The minimum atomic E-state index is 0.326. The Morgan fingerprint density at radius 2 is 2.16 bits per heavy atom. The van der Waals surface area contributed by atoms with Gasteiger partial charge in [0.05, 0.1) is 4.88 Å². The average Bonchev–Trinajstić information content (AvgIpc) is 2.69. The molecule has 0 fully saturated rings. The smallest absolute Gasteiger partial charge is 0.185 e. The Kier molecular flexibility index (Phi) is 4.08. The number of aromatic hydroxyl groups is 1. The van der Waals surface area contributed by atoms with Crippen molar-refractivity contribution in [3.63, 3.8) is 0 Å². The van der Waals surface area contributed by atoms with E-state index >= 15 is 0 Å². The molecule has 0 spiro atoms. The Labute approximate surface area is 118 Å². The molecule has 0 amide bonds. The number of nitrogens with zero attached hydrogens (tertiary/aromatic N) is 1. The number of hydrogen-bond acceptors (Lipinski definition) is 5. The molecular weight excluding hydrogens is 277 g/mol. The summed E-state index contributed by atoms with van der Waals surface area (Å²) in [6.45, 7) is 3.97. The van der Waals surface area contributed by atoms with Gasteiger partial charge in [0, 0.05) is 12.4 Å². The van der Waals surface area contributed by atoms with Crippen LogP contribution >= 0.6 is 19.5 Å². The Bertz CT molecular complexity index is 614. The van der Waals surface area contributed by atoms with E-state index in [0.29, 0.717) is 11.6 Å². The van der Waals surface area contributed by atoms with E-state index in [1.807, 2.05) is 26.7 Å². The summed E-state index contributed by atoms with van der Waals surface area (Å²) in [5.74, 6) is 2.82. The molecule has 0 saturated carbocycles. The largest absolute Gasteiger partial charge is 0.507 e. The standard InChI is InChI=1S/C13H16N3OPS/c1-7-4-8(2)11(9(17)5-7)18-6-10-12(14)16-13(15-3)19-10/h4-6,17H,14H2,1-3H3,(H,15,16). The highest BCUT2D eigenvalue weighted by molar-refractivity contribution is 7.49. The molecule has 2 rings (SSSR count). The summed E-state index contributed by atoms with van der Waals surface area (Å²) in [5, 5.41) is 14.7. The highest BCUT2D eigenvalue weighted by Gasteiger charge is 2.07. The summed E-state index contributed by atoms with van der Waals surface area (Å²) in [5.41, 5.74) is 7.98. The highest BCUT2D eigenvalue weighted by atomic mass is 32.1. The van der Waals surface area contributed by atoms with E-state index in [4.69, 9.17) is 5.73 Å². The van der Waals surface area contributed by atoms with Crippen LogP contribution in [-0.4, -0.2) is 22.9 Å². The van der Waals surface area contributed by atoms with Crippen LogP contribution in [0.2, 0.25) is 0 Å². The first-order valence-corrected chi connectivity index (χ1v) is 7.57. The fourth-order valence-electron chi connectivity index (χ4n) is 1.77. The van der Waals surface area contributed by atoms with Gasteiger partial charge in [-0.3, -0.25) is 0 Å². The van der Waals surface area contributed by atoms with Gasteiger partial charge in [-0.2, -0.15) is 0 Å². The molecule has 0 aliphatic carbocycles. The van der Waals surface area contributed by atoms with Crippen LogP contribution < -0.4 is 16.4 Å². The van der Waals surface area contributed by atoms with Gasteiger partial charge in [-0.15, -0.1) is 0 Å². The number of thiazole rings is 1. The SMILES string of the molecule is CNc1nc(N)c(C=Pc2c(C)cc(C)cc2O)s1. The summed E-state index contributed by atoms with van der Waals surface area (Å²) in [7, 11) is 2.73. The van der Waals surface area contributed by atoms with Crippen LogP contribution in [0.3, 0.4) is 0 Å². The van der Waals surface area contributed by atoms with E-state index in [0.717, 1.165) is 34.6 Å². The lowest BCUT2D eigenvalue weighted by atomic mass is 10.1. The Morgan fingerprint density at radius 3 is 2.74 bits per heavy atom. The van der Waals surface area contributed by atoms with E-state index in [-0.39, 0.29) is 0 Å². The van der Waals surface area contributed by atoms with Gasteiger partial charge in [-0.25, -0.2) is 4.98 Å².